The second-order valence-electron chi connectivity index (χ2n) is 4.30. The maximum atomic E-state index is 11.2. The van der Waals surface area contributed by atoms with Crippen molar-refractivity contribution in [1.29, 1.82) is 0 Å². The number of hydrogen-bond acceptors (Lipinski definition) is 5. The summed E-state index contributed by atoms with van der Waals surface area (Å²) in [7, 11) is -3.49. The summed E-state index contributed by atoms with van der Waals surface area (Å²) in [5.74, 6) is 0. The summed E-state index contributed by atoms with van der Waals surface area (Å²) in [6.07, 6.45) is 2.90. The van der Waals surface area contributed by atoms with Gasteiger partial charge in [-0.25, -0.2) is 4.98 Å². The minimum absolute atomic E-state index is 0.0268. The van der Waals surface area contributed by atoms with Gasteiger partial charge in [-0.1, -0.05) is 30.3 Å². The molecule has 7 heteroatoms. The predicted octanol–water partition coefficient (Wildman–Crippen LogP) is 2.54. The molecule has 0 saturated heterocycles. The molecule has 0 aliphatic rings. The van der Waals surface area contributed by atoms with Crippen LogP contribution in [-0.4, -0.2) is 24.1 Å². The van der Waals surface area contributed by atoms with Crippen molar-refractivity contribution in [3.05, 3.63) is 47.6 Å². The summed E-state index contributed by atoms with van der Waals surface area (Å²) in [6, 6.07) is 9.65. The Bertz CT molecular complexity index is 835. The number of nitrogens with zero attached hydrogens (tertiary/aromatic N) is 2. The molecule has 20 heavy (non-hydrogen) atoms. The molecule has 1 aromatic carbocycles. The maximum Gasteiger partial charge on any atom is 0.264 e. The SMILES string of the molecule is CS(=O)(=O)OCc1c(-c2ccccc2)nc2sccn12. The Morgan fingerprint density at radius 2 is 2.05 bits per heavy atom. The van der Waals surface area contributed by atoms with Crippen LogP contribution in [0.2, 0.25) is 0 Å². The molecule has 3 aromatic rings. The molecule has 0 atom stereocenters. The van der Waals surface area contributed by atoms with Crippen LogP contribution in [0, 0.1) is 0 Å². The van der Waals surface area contributed by atoms with Gasteiger partial charge in [-0.15, -0.1) is 11.3 Å². The van der Waals surface area contributed by atoms with Crippen molar-refractivity contribution >= 4 is 26.4 Å². The fourth-order valence-corrected chi connectivity index (χ4v) is 3.02. The molecule has 0 bridgehead atoms. The van der Waals surface area contributed by atoms with E-state index >= 15 is 0 Å². The van der Waals surface area contributed by atoms with Gasteiger partial charge in [0.1, 0.15) is 6.61 Å². The van der Waals surface area contributed by atoms with Gasteiger partial charge >= 0.3 is 0 Å². The number of benzene rings is 1. The third-order valence-electron chi connectivity index (χ3n) is 2.82. The number of thiazole rings is 1. The third kappa shape index (κ3) is 2.60. The van der Waals surface area contributed by atoms with E-state index in [1.54, 1.807) is 0 Å². The minimum Gasteiger partial charge on any atom is -0.292 e. The van der Waals surface area contributed by atoms with E-state index in [-0.39, 0.29) is 6.61 Å². The molecule has 0 fully saturated rings. The smallest absolute Gasteiger partial charge is 0.264 e. The quantitative estimate of drug-likeness (QED) is 0.695. The number of aromatic nitrogens is 2. The zero-order valence-electron chi connectivity index (χ0n) is 10.7. The highest BCUT2D eigenvalue weighted by Crippen LogP contribution is 2.27. The second kappa shape index (κ2) is 5.01. The van der Waals surface area contributed by atoms with Crippen LogP contribution in [0.25, 0.3) is 16.2 Å². The Kier molecular flexibility index (Phi) is 3.33. The molecule has 0 aliphatic heterocycles. The second-order valence-corrected chi connectivity index (χ2v) is 6.81. The average molecular weight is 308 g/mol. The first kappa shape index (κ1) is 13.3. The van der Waals surface area contributed by atoms with Crippen molar-refractivity contribution in [2.45, 2.75) is 6.61 Å². The van der Waals surface area contributed by atoms with Gasteiger partial charge in [-0.2, -0.15) is 8.42 Å². The first-order valence-electron chi connectivity index (χ1n) is 5.89. The highest BCUT2D eigenvalue weighted by atomic mass is 32.2. The van der Waals surface area contributed by atoms with Crippen LogP contribution in [0.5, 0.6) is 0 Å². The summed E-state index contributed by atoms with van der Waals surface area (Å²) in [5.41, 5.74) is 2.43. The van der Waals surface area contributed by atoms with Crippen LogP contribution in [0.3, 0.4) is 0 Å². The Morgan fingerprint density at radius 3 is 2.75 bits per heavy atom. The zero-order chi connectivity index (χ0) is 14.2. The van der Waals surface area contributed by atoms with Crippen LogP contribution in [0.15, 0.2) is 41.9 Å². The number of rotatable bonds is 4. The summed E-state index contributed by atoms with van der Waals surface area (Å²) in [4.78, 5) is 5.37. The molecule has 0 amide bonds. The van der Waals surface area contributed by atoms with Crippen LogP contribution >= 0.6 is 11.3 Å². The predicted molar refractivity (Wildman–Crippen MR) is 78.1 cm³/mol. The average Bonchev–Trinajstić information content (AvgIpc) is 2.97. The number of hydrogen-bond donors (Lipinski definition) is 0. The van der Waals surface area contributed by atoms with Crippen molar-refractivity contribution < 1.29 is 12.6 Å². The summed E-state index contributed by atoms with van der Waals surface area (Å²) in [5, 5.41) is 1.90. The monoisotopic (exact) mass is 308 g/mol. The lowest BCUT2D eigenvalue weighted by atomic mass is 10.1. The van der Waals surface area contributed by atoms with Crippen molar-refractivity contribution in [3.8, 4) is 11.3 Å². The van der Waals surface area contributed by atoms with Gasteiger partial charge in [-0.05, 0) is 0 Å². The van der Waals surface area contributed by atoms with Crippen LogP contribution in [0.1, 0.15) is 5.69 Å². The molecule has 2 heterocycles. The molecule has 0 spiro atoms. The fourth-order valence-electron chi connectivity index (χ4n) is 1.96. The molecule has 0 aliphatic carbocycles. The lowest BCUT2D eigenvalue weighted by molar-refractivity contribution is 0.307. The highest BCUT2D eigenvalue weighted by molar-refractivity contribution is 7.85. The lowest BCUT2D eigenvalue weighted by Gasteiger charge is -2.04. The standard InChI is InChI=1S/C13H12N2O3S2/c1-20(16,17)18-9-11-12(10-5-3-2-4-6-10)14-13-15(11)7-8-19-13/h2-8H,9H2,1H3. The van der Waals surface area contributed by atoms with Gasteiger partial charge in [0.25, 0.3) is 10.1 Å². The molecular formula is C13H12N2O3S2. The van der Waals surface area contributed by atoms with E-state index in [1.165, 1.54) is 11.3 Å². The van der Waals surface area contributed by atoms with E-state index in [2.05, 4.69) is 4.98 Å². The van der Waals surface area contributed by atoms with Crippen LogP contribution in [0.4, 0.5) is 0 Å². The van der Waals surface area contributed by atoms with Crippen LogP contribution < -0.4 is 0 Å². The largest absolute Gasteiger partial charge is 0.292 e. The van der Waals surface area contributed by atoms with Gasteiger partial charge in [0, 0.05) is 17.1 Å². The van der Waals surface area contributed by atoms with E-state index in [0.29, 0.717) is 0 Å². The highest BCUT2D eigenvalue weighted by Gasteiger charge is 2.16. The first-order chi connectivity index (χ1) is 9.54. The van der Waals surface area contributed by atoms with Gasteiger partial charge in [0.15, 0.2) is 4.96 Å². The summed E-state index contributed by atoms with van der Waals surface area (Å²) >= 11 is 1.50. The number of imidazole rings is 1. The van der Waals surface area contributed by atoms with E-state index < -0.39 is 10.1 Å². The molecule has 2 aromatic heterocycles. The van der Waals surface area contributed by atoms with Crippen molar-refractivity contribution in [3.63, 3.8) is 0 Å². The normalized spacial score (nSPS) is 12.1. The Morgan fingerprint density at radius 1 is 1.30 bits per heavy atom. The number of fused-ring (bicyclic) bond motifs is 1. The molecule has 3 rings (SSSR count). The molecule has 104 valence electrons. The summed E-state index contributed by atoms with van der Waals surface area (Å²) in [6.45, 7) is -0.0268. The molecule has 5 nitrogen and oxygen atoms in total. The van der Waals surface area contributed by atoms with Crippen molar-refractivity contribution in [1.82, 2.24) is 9.38 Å². The van der Waals surface area contributed by atoms with E-state index in [4.69, 9.17) is 4.18 Å². The first-order valence-corrected chi connectivity index (χ1v) is 8.58. The maximum absolute atomic E-state index is 11.2. The Labute approximate surface area is 120 Å². The lowest BCUT2D eigenvalue weighted by Crippen LogP contribution is -2.05. The molecule has 0 N–H and O–H groups in total. The Balaban J connectivity index is 2.10. The third-order valence-corrected chi connectivity index (χ3v) is 4.12. The van der Waals surface area contributed by atoms with Gasteiger partial charge < -0.3 is 0 Å². The topological polar surface area (TPSA) is 60.7 Å². The van der Waals surface area contributed by atoms with Gasteiger partial charge in [-0.3, -0.25) is 8.58 Å². The summed E-state index contributed by atoms with van der Waals surface area (Å²) < 4.78 is 29.2. The van der Waals surface area contributed by atoms with Crippen molar-refractivity contribution in [2.24, 2.45) is 0 Å². The molecule has 0 unspecified atom stereocenters. The fraction of sp³-hybridized carbons (Fsp3) is 0.154. The molecular weight excluding hydrogens is 296 g/mol. The molecule has 0 radical (unpaired) electrons. The van der Waals surface area contributed by atoms with Gasteiger partial charge in [0.05, 0.1) is 17.6 Å². The van der Waals surface area contributed by atoms with E-state index in [9.17, 15) is 8.42 Å². The zero-order valence-corrected chi connectivity index (χ0v) is 12.3. The van der Waals surface area contributed by atoms with E-state index in [0.717, 1.165) is 28.2 Å². The van der Waals surface area contributed by atoms with Gasteiger partial charge in [0.2, 0.25) is 0 Å². The van der Waals surface area contributed by atoms with Crippen molar-refractivity contribution in [2.75, 3.05) is 6.26 Å². The van der Waals surface area contributed by atoms with Crippen LogP contribution in [-0.2, 0) is 20.9 Å². The van der Waals surface area contributed by atoms with E-state index in [1.807, 2.05) is 46.3 Å². The minimum atomic E-state index is -3.49. The Hall–Kier alpha value is -1.70. The molecule has 0 saturated carbocycles.